The molecule has 0 spiro atoms. The fourth-order valence-corrected chi connectivity index (χ4v) is 2.83. The van der Waals surface area contributed by atoms with Crippen LogP contribution in [-0.2, 0) is 17.9 Å². The number of carbonyl (C=O) groups is 1. The Hall–Kier alpha value is -2.60. The van der Waals surface area contributed by atoms with Crippen LogP contribution in [0.1, 0.15) is 0 Å². The maximum Gasteiger partial charge on any atom is 0.331 e. The van der Waals surface area contributed by atoms with Crippen molar-refractivity contribution >= 4 is 32.9 Å². The second-order valence-electron chi connectivity index (χ2n) is 5.23. The van der Waals surface area contributed by atoms with E-state index in [1.807, 2.05) is 36.4 Å². The molecule has 24 heavy (non-hydrogen) atoms. The van der Waals surface area contributed by atoms with Crippen LogP contribution in [-0.4, -0.2) is 15.1 Å². The molecule has 1 N–H and O–H groups in total. The molecule has 0 atom stereocenters. The number of imidazole rings is 1. The number of rotatable bonds is 5. The van der Waals surface area contributed by atoms with Crippen LogP contribution in [0.5, 0.6) is 5.75 Å². The molecular weight excluding hydrogens is 370 g/mol. The molecular formula is C18H16BrN3O2. The molecule has 0 amide bonds. The van der Waals surface area contributed by atoms with Crippen molar-refractivity contribution in [2.24, 2.45) is 0 Å². The SMILES string of the molecule is C=CCn1c(=N)n(CC(=O)Oc2ccc(Br)cc2)c2ccccc21. The van der Waals surface area contributed by atoms with Crippen LogP contribution in [0.25, 0.3) is 11.0 Å². The number of nitrogens with one attached hydrogen (secondary N) is 1. The largest absolute Gasteiger partial charge is 0.425 e. The first-order chi connectivity index (χ1) is 11.6. The lowest BCUT2D eigenvalue weighted by molar-refractivity contribution is -0.135. The van der Waals surface area contributed by atoms with E-state index in [0.29, 0.717) is 12.3 Å². The molecule has 0 aliphatic rings. The summed E-state index contributed by atoms with van der Waals surface area (Å²) in [5.74, 6) is 0.0579. The summed E-state index contributed by atoms with van der Waals surface area (Å²) in [4.78, 5) is 12.3. The van der Waals surface area contributed by atoms with E-state index in [2.05, 4.69) is 22.5 Å². The zero-order chi connectivity index (χ0) is 17.1. The summed E-state index contributed by atoms with van der Waals surface area (Å²) in [7, 11) is 0. The molecule has 0 bridgehead atoms. The standard InChI is InChI=1S/C18H16BrN3O2/c1-2-11-21-15-5-3-4-6-16(15)22(18(21)20)12-17(23)24-14-9-7-13(19)8-10-14/h2-10,20H,1,11-12H2. The highest BCUT2D eigenvalue weighted by Crippen LogP contribution is 2.17. The Morgan fingerprint density at radius 3 is 2.38 bits per heavy atom. The summed E-state index contributed by atoms with van der Waals surface area (Å²) in [5, 5.41) is 8.34. The Kier molecular flexibility index (Phi) is 4.66. The molecule has 3 aromatic rings. The molecule has 0 aliphatic carbocycles. The summed E-state index contributed by atoms with van der Waals surface area (Å²) in [6.45, 7) is 4.21. The van der Waals surface area contributed by atoms with Gasteiger partial charge >= 0.3 is 5.97 Å². The zero-order valence-electron chi connectivity index (χ0n) is 12.9. The number of benzene rings is 2. The van der Waals surface area contributed by atoms with Crippen LogP contribution in [0.2, 0.25) is 0 Å². The zero-order valence-corrected chi connectivity index (χ0v) is 14.5. The van der Waals surface area contributed by atoms with Gasteiger partial charge in [-0.05, 0) is 36.4 Å². The van der Waals surface area contributed by atoms with Gasteiger partial charge in [0.25, 0.3) is 0 Å². The molecule has 5 nitrogen and oxygen atoms in total. The van der Waals surface area contributed by atoms with Crippen molar-refractivity contribution < 1.29 is 9.53 Å². The van der Waals surface area contributed by atoms with E-state index in [9.17, 15) is 4.79 Å². The van der Waals surface area contributed by atoms with Gasteiger partial charge in [-0.1, -0.05) is 34.1 Å². The van der Waals surface area contributed by atoms with Crippen LogP contribution >= 0.6 is 15.9 Å². The number of esters is 1. The number of ether oxygens (including phenoxy) is 1. The third-order valence-corrected chi connectivity index (χ3v) is 4.15. The van der Waals surface area contributed by atoms with E-state index in [1.54, 1.807) is 27.3 Å². The number of halogens is 1. The molecule has 1 aromatic heterocycles. The molecule has 0 saturated heterocycles. The van der Waals surface area contributed by atoms with Gasteiger partial charge in [-0.25, -0.2) is 4.79 Å². The Balaban J connectivity index is 1.90. The number of para-hydroxylation sites is 2. The minimum absolute atomic E-state index is 0.0282. The van der Waals surface area contributed by atoms with E-state index in [-0.39, 0.29) is 12.2 Å². The summed E-state index contributed by atoms with van der Waals surface area (Å²) in [6.07, 6.45) is 1.73. The van der Waals surface area contributed by atoms with Crippen LogP contribution in [0.15, 0.2) is 65.7 Å². The van der Waals surface area contributed by atoms with Crippen LogP contribution < -0.4 is 10.4 Å². The van der Waals surface area contributed by atoms with Gasteiger partial charge < -0.3 is 9.30 Å². The number of aromatic nitrogens is 2. The highest BCUT2D eigenvalue weighted by atomic mass is 79.9. The highest BCUT2D eigenvalue weighted by Gasteiger charge is 2.14. The van der Waals surface area contributed by atoms with Crippen molar-refractivity contribution in [3.63, 3.8) is 0 Å². The molecule has 0 fully saturated rings. The molecule has 122 valence electrons. The predicted molar refractivity (Wildman–Crippen MR) is 95.8 cm³/mol. The lowest BCUT2D eigenvalue weighted by Crippen LogP contribution is -2.28. The average Bonchev–Trinajstić information content (AvgIpc) is 2.83. The summed E-state index contributed by atoms with van der Waals surface area (Å²) in [6, 6.07) is 14.7. The van der Waals surface area contributed by atoms with Crippen LogP contribution in [0, 0.1) is 5.41 Å². The average molecular weight is 386 g/mol. The molecule has 3 rings (SSSR count). The Morgan fingerprint density at radius 2 is 1.75 bits per heavy atom. The summed E-state index contributed by atoms with van der Waals surface area (Å²) < 4.78 is 9.71. The van der Waals surface area contributed by atoms with Crippen molar-refractivity contribution in [2.45, 2.75) is 13.1 Å². The molecule has 0 saturated carbocycles. The molecule has 0 radical (unpaired) electrons. The smallest absolute Gasteiger partial charge is 0.331 e. The van der Waals surface area contributed by atoms with Gasteiger partial charge in [-0.3, -0.25) is 9.98 Å². The Morgan fingerprint density at radius 1 is 1.12 bits per heavy atom. The third kappa shape index (κ3) is 3.19. The minimum Gasteiger partial charge on any atom is -0.425 e. The number of nitrogens with zero attached hydrogens (tertiary/aromatic N) is 2. The normalized spacial score (nSPS) is 10.7. The van der Waals surface area contributed by atoms with E-state index < -0.39 is 5.97 Å². The summed E-state index contributed by atoms with van der Waals surface area (Å²) in [5.41, 5.74) is 1.94. The molecule has 1 heterocycles. The van der Waals surface area contributed by atoms with Crippen LogP contribution in [0.4, 0.5) is 0 Å². The van der Waals surface area contributed by atoms with E-state index in [0.717, 1.165) is 15.5 Å². The minimum atomic E-state index is -0.419. The maximum atomic E-state index is 12.3. The lowest BCUT2D eigenvalue weighted by Gasteiger charge is -2.06. The Bertz CT molecular complexity index is 955. The van der Waals surface area contributed by atoms with Crippen LogP contribution in [0.3, 0.4) is 0 Å². The van der Waals surface area contributed by atoms with E-state index in [4.69, 9.17) is 10.1 Å². The maximum absolute atomic E-state index is 12.3. The fourth-order valence-electron chi connectivity index (χ4n) is 2.56. The summed E-state index contributed by atoms with van der Waals surface area (Å²) >= 11 is 3.34. The third-order valence-electron chi connectivity index (χ3n) is 3.62. The van der Waals surface area contributed by atoms with Gasteiger partial charge in [0.2, 0.25) is 5.62 Å². The number of fused-ring (bicyclic) bond motifs is 1. The lowest BCUT2D eigenvalue weighted by atomic mass is 10.3. The van der Waals surface area contributed by atoms with Crippen molar-refractivity contribution in [3.8, 4) is 5.75 Å². The predicted octanol–water partition coefficient (Wildman–Crippen LogP) is 3.48. The molecule has 6 heteroatoms. The van der Waals surface area contributed by atoms with Gasteiger partial charge in [0, 0.05) is 11.0 Å². The quantitative estimate of drug-likeness (QED) is 0.415. The second-order valence-corrected chi connectivity index (χ2v) is 6.14. The van der Waals surface area contributed by atoms with E-state index in [1.165, 1.54) is 0 Å². The van der Waals surface area contributed by atoms with Gasteiger partial charge in [-0.15, -0.1) is 6.58 Å². The van der Waals surface area contributed by atoms with Gasteiger partial charge in [0.15, 0.2) is 0 Å². The first kappa shape index (κ1) is 16.3. The first-order valence-corrected chi connectivity index (χ1v) is 8.19. The topological polar surface area (TPSA) is 60.0 Å². The van der Waals surface area contributed by atoms with Gasteiger partial charge in [-0.2, -0.15) is 0 Å². The Labute approximate surface area is 147 Å². The number of allylic oxidation sites excluding steroid dienone is 1. The van der Waals surface area contributed by atoms with Gasteiger partial charge in [0.05, 0.1) is 11.0 Å². The fraction of sp³-hybridized carbons (Fsp3) is 0.111. The highest BCUT2D eigenvalue weighted by molar-refractivity contribution is 9.10. The molecule has 0 aliphatic heterocycles. The number of hydrogen-bond donors (Lipinski definition) is 1. The van der Waals surface area contributed by atoms with Crippen molar-refractivity contribution in [2.75, 3.05) is 0 Å². The molecule has 0 unspecified atom stereocenters. The van der Waals surface area contributed by atoms with Crippen molar-refractivity contribution in [1.82, 2.24) is 9.13 Å². The second kappa shape index (κ2) is 6.88. The van der Waals surface area contributed by atoms with E-state index >= 15 is 0 Å². The number of hydrogen-bond acceptors (Lipinski definition) is 3. The first-order valence-electron chi connectivity index (χ1n) is 7.40. The number of carbonyl (C=O) groups excluding carboxylic acids is 1. The van der Waals surface area contributed by atoms with Crippen molar-refractivity contribution in [3.05, 3.63) is 71.3 Å². The monoisotopic (exact) mass is 385 g/mol. The van der Waals surface area contributed by atoms with Crippen molar-refractivity contribution in [1.29, 1.82) is 5.41 Å². The molecule has 2 aromatic carbocycles. The van der Waals surface area contributed by atoms with Gasteiger partial charge in [0.1, 0.15) is 12.3 Å².